The maximum absolute atomic E-state index is 12.7. The number of hydrogen-bond acceptors (Lipinski definition) is 2. The van der Waals surface area contributed by atoms with Gasteiger partial charge in [-0.1, -0.05) is 18.2 Å². The van der Waals surface area contributed by atoms with Crippen molar-refractivity contribution in [1.82, 2.24) is 4.90 Å². The highest BCUT2D eigenvalue weighted by atomic mass is 19.4. The minimum Gasteiger partial charge on any atom is -0.481 e. The van der Waals surface area contributed by atoms with E-state index in [0.29, 0.717) is 0 Å². The third kappa shape index (κ3) is 2.48. The van der Waals surface area contributed by atoms with E-state index in [4.69, 9.17) is 5.11 Å². The molecular formula is C13H12F3NO3. The molecule has 2 atom stereocenters. The molecule has 0 unspecified atom stereocenters. The van der Waals surface area contributed by atoms with Crippen LogP contribution in [-0.4, -0.2) is 35.5 Å². The molecule has 108 valence electrons. The first-order valence-corrected chi connectivity index (χ1v) is 5.86. The van der Waals surface area contributed by atoms with Crippen molar-refractivity contribution >= 4 is 11.9 Å². The van der Waals surface area contributed by atoms with E-state index >= 15 is 0 Å². The van der Waals surface area contributed by atoms with Gasteiger partial charge in [-0.05, 0) is 11.6 Å². The van der Waals surface area contributed by atoms with Crippen molar-refractivity contribution in [3.63, 3.8) is 0 Å². The topological polar surface area (TPSA) is 57.6 Å². The Balaban J connectivity index is 2.41. The van der Waals surface area contributed by atoms with Crippen LogP contribution in [-0.2, 0) is 15.8 Å². The summed E-state index contributed by atoms with van der Waals surface area (Å²) in [5.74, 6) is -4.00. The molecular weight excluding hydrogens is 275 g/mol. The van der Waals surface area contributed by atoms with E-state index in [9.17, 15) is 22.8 Å². The van der Waals surface area contributed by atoms with Crippen molar-refractivity contribution in [2.24, 2.45) is 5.92 Å². The monoisotopic (exact) mass is 287 g/mol. The Morgan fingerprint density at radius 3 is 2.60 bits per heavy atom. The van der Waals surface area contributed by atoms with E-state index in [2.05, 4.69) is 0 Å². The Hall–Kier alpha value is -2.05. The van der Waals surface area contributed by atoms with Gasteiger partial charge in [-0.2, -0.15) is 13.2 Å². The quantitative estimate of drug-likeness (QED) is 0.846. The first-order valence-electron chi connectivity index (χ1n) is 5.86. The van der Waals surface area contributed by atoms with Gasteiger partial charge in [0.25, 0.3) is 0 Å². The van der Waals surface area contributed by atoms with Gasteiger partial charge in [-0.15, -0.1) is 0 Å². The van der Waals surface area contributed by atoms with Crippen molar-refractivity contribution < 1.29 is 27.9 Å². The zero-order chi connectivity index (χ0) is 15.1. The second-order valence-electron chi connectivity index (χ2n) is 4.76. The number of carbonyl (C=O) groups is 2. The summed E-state index contributed by atoms with van der Waals surface area (Å²) in [5, 5.41) is 9.09. The lowest BCUT2D eigenvalue weighted by Crippen LogP contribution is -2.28. The molecule has 4 nitrogen and oxygen atoms in total. The van der Waals surface area contributed by atoms with Crippen LogP contribution in [0.15, 0.2) is 24.3 Å². The van der Waals surface area contributed by atoms with Crippen LogP contribution >= 0.6 is 0 Å². The smallest absolute Gasteiger partial charge is 0.416 e. The average Bonchev–Trinajstić information content (AvgIpc) is 2.65. The first kappa shape index (κ1) is 14.4. The van der Waals surface area contributed by atoms with Crippen LogP contribution in [0.3, 0.4) is 0 Å². The van der Waals surface area contributed by atoms with E-state index < -0.39 is 35.5 Å². The number of aliphatic carboxylic acids is 1. The number of carboxylic acids is 1. The summed E-state index contributed by atoms with van der Waals surface area (Å²) < 4.78 is 38.0. The minimum absolute atomic E-state index is 0.0944. The number of amides is 1. The number of rotatable bonds is 2. The summed E-state index contributed by atoms with van der Waals surface area (Å²) in [6.07, 6.45) is -4.50. The van der Waals surface area contributed by atoms with Gasteiger partial charge >= 0.3 is 12.1 Å². The maximum atomic E-state index is 12.7. The predicted molar refractivity (Wildman–Crippen MR) is 62.9 cm³/mol. The summed E-state index contributed by atoms with van der Waals surface area (Å²) in [4.78, 5) is 24.1. The van der Waals surface area contributed by atoms with Crippen LogP contribution in [0.25, 0.3) is 0 Å². The van der Waals surface area contributed by atoms with Crippen molar-refractivity contribution in [3.05, 3.63) is 35.4 Å². The Morgan fingerprint density at radius 2 is 2.05 bits per heavy atom. The third-order valence-corrected chi connectivity index (χ3v) is 3.42. The zero-order valence-electron chi connectivity index (χ0n) is 10.5. The molecule has 1 aliphatic heterocycles. The molecule has 1 heterocycles. The van der Waals surface area contributed by atoms with Crippen LogP contribution in [0.2, 0.25) is 0 Å². The molecule has 1 saturated heterocycles. The third-order valence-electron chi connectivity index (χ3n) is 3.42. The molecule has 0 spiro atoms. The Labute approximate surface area is 112 Å². The number of hydrogen-bond donors (Lipinski definition) is 1. The first-order chi connectivity index (χ1) is 9.21. The molecule has 1 fully saturated rings. The number of alkyl halides is 3. The number of benzene rings is 1. The van der Waals surface area contributed by atoms with Crippen LogP contribution in [0.5, 0.6) is 0 Å². The lowest BCUT2D eigenvalue weighted by atomic mass is 9.88. The fraction of sp³-hybridized carbons (Fsp3) is 0.385. The molecule has 1 aromatic carbocycles. The second kappa shape index (κ2) is 4.81. The van der Waals surface area contributed by atoms with Crippen LogP contribution < -0.4 is 0 Å². The molecule has 0 saturated carbocycles. The van der Waals surface area contributed by atoms with Crippen molar-refractivity contribution in [2.75, 3.05) is 13.6 Å². The van der Waals surface area contributed by atoms with Gasteiger partial charge in [0.05, 0.1) is 5.56 Å². The maximum Gasteiger partial charge on any atom is 0.416 e. The fourth-order valence-electron chi connectivity index (χ4n) is 2.42. The molecule has 1 amide bonds. The molecule has 1 N–H and O–H groups in total. The number of likely N-dealkylation sites (tertiary alicyclic amines) is 1. The minimum atomic E-state index is -4.50. The standard InChI is InChI=1S/C13H12F3NO3/c1-17-6-9(10(11(17)18)12(19)20)7-3-2-4-8(5-7)13(14,15)16/h2-5,9-10H,6H2,1H3,(H,19,20)/t9-,10-/m1/s1. The average molecular weight is 287 g/mol. The molecule has 20 heavy (non-hydrogen) atoms. The highest BCUT2D eigenvalue weighted by Crippen LogP contribution is 2.36. The van der Waals surface area contributed by atoms with Crippen molar-refractivity contribution in [3.8, 4) is 0 Å². The largest absolute Gasteiger partial charge is 0.481 e. The van der Waals surface area contributed by atoms with E-state index in [-0.39, 0.29) is 12.1 Å². The lowest BCUT2D eigenvalue weighted by molar-refractivity contribution is -0.147. The second-order valence-corrected chi connectivity index (χ2v) is 4.76. The van der Waals surface area contributed by atoms with Gasteiger partial charge in [0.15, 0.2) is 0 Å². The molecule has 0 aliphatic carbocycles. The van der Waals surface area contributed by atoms with Crippen LogP contribution in [0, 0.1) is 5.92 Å². The van der Waals surface area contributed by atoms with Crippen LogP contribution in [0.1, 0.15) is 17.0 Å². The molecule has 7 heteroatoms. The van der Waals surface area contributed by atoms with Crippen LogP contribution in [0.4, 0.5) is 13.2 Å². The summed E-state index contributed by atoms with van der Waals surface area (Å²) in [6, 6.07) is 4.47. The molecule has 0 radical (unpaired) electrons. The SMILES string of the molecule is CN1C[C@H](c2cccc(C(F)(F)F)c2)[C@@H](C(=O)O)C1=O. The van der Waals surface area contributed by atoms with Gasteiger partial charge in [0.1, 0.15) is 5.92 Å². The van der Waals surface area contributed by atoms with Gasteiger partial charge in [-0.25, -0.2) is 0 Å². The Bertz CT molecular complexity index is 556. The number of likely N-dealkylation sites (N-methyl/N-ethyl adjacent to an activating group) is 1. The normalized spacial score (nSPS) is 23.2. The number of carboxylic acid groups (broad SMARTS) is 1. The van der Waals surface area contributed by atoms with E-state index in [1.54, 1.807) is 0 Å². The van der Waals surface area contributed by atoms with Gasteiger partial charge in [-0.3, -0.25) is 9.59 Å². The molecule has 0 aromatic heterocycles. The molecule has 0 bridgehead atoms. The van der Waals surface area contributed by atoms with Gasteiger partial charge in [0, 0.05) is 19.5 Å². The molecule has 1 aliphatic rings. The Morgan fingerprint density at radius 1 is 1.40 bits per heavy atom. The summed E-state index contributed by atoms with van der Waals surface area (Å²) >= 11 is 0. The zero-order valence-corrected chi connectivity index (χ0v) is 10.5. The van der Waals surface area contributed by atoms with Crippen molar-refractivity contribution in [2.45, 2.75) is 12.1 Å². The Kier molecular flexibility index (Phi) is 3.45. The van der Waals surface area contributed by atoms with E-state index in [1.807, 2.05) is 0 Å². The van der Waals surface area contributed by atoms with Crippen molar-refractivity contribution in [1.29, 1.82) is 0 Å². The number of carbonyl (C=O) groups excluding carboxylic acids is 1. The highest BCUT2D eigenvalue weighted by Gasteiger charge is 2.44. The molecule has 1 aromatic rings. The predicted octanol–water partition coefficient (Wildman–Crippen LogP) is 1.96. The van der Waals surface area contributed by atoms with E-state index in [0.717, 1.165) is 12.1 Å². The summed E-state index contributed by atoms with van der Waals surface area (Å²) in [6.45, 7) is 0.0944. The number of nitrogens with zero attached hydrogens (tertiary/aromatic N) is 1. The summed E-state index contributed by atoms with van der Waals surface area (Å²) in [7, 11) is 1.44. The summed E-state index contributed by atoms with van der Waals surface area (Å²) in [5.41, 5.74) is -0.633. The molecule has 2 rings (SSSR count). The van der Waals surface area contributed by atoms with E-state index in [1.165, 1.54) is 24.1 Å². The fourth-order valence-corrected chi connectivity index (χ4v) is 2.42. The van der Waals surface area contributed by atoms with Gasteiger partial charge in [0.2, 0.25) is 5.91 Å². The number of halogens is 3. The van der Waals surface area contributed by atoms with Gasteiger partial charge < -0.3 is 10.0 Å². The highest BCUT2D eigenvalue weighted by molar-refractivity contribution is 5.99. The lowest BCUT2D eigenvalue weighted by Gasteiger charge is -2.15.